The van der Waals surface area contributed by atoms with Crippen molar-refractivity contribution in [3.63, 3.8) is 0 Å². The van der Waals surface area contributed by atoms with Crippen LogP contribution in [-0.4, -0.2) is 19.2 Å². The van der Waals surface area contributed by atoms with Gasteiger partial charge < -0.3 is 14.8 Å². The second kappa shape index (κ2) is 6.31. The van der Waals surface area contributed by atoms with Gasteiger partial charge in [-0.05, 0) is 30.7 Å². The van der Waals surface area contributed by atoms with E-state index < -0.39 is 0 Å². The van der Waals surface area contributed by atoms with Crippen LogP contribution < -0.4 is 14.8 Å². The monoisotopic (exact) mass is 292 g/mol. The van der Waals surface area contributed by atoms with E-state index >= 15 is 0 Å². The quantitative estimate of drug-likeness (QED) is 0.865. The van der Waals surface area contributed by atoms with Gasteiger partial charge in [0.1, 0.15) is 0 Å². The lowest BCUT2D eigenvalue weighted by atomic mass is 10.2. The Bertz CT molecular complexity index is 593. The minimum atomic E-state index is -0.263. The van der Waals surface area contributed by atoms with Gasteiger partial charge in [-0.3, -0.25) is 4.79 Å². The van der Waals surface area contributed by atoms with Gasteiger partial charge in [0.15, 0.2) is 11.5 Å². The average molecular weight is 293 g/mol. The molecule has 1 N–H and O–H groups in total. The van der Waals surface area contributed by atoms with Crippen LogP contribution in [0.1, 0.15) is 12.5 Å². The van der Waals surface area contributed by atoms with E-state index in [0.717, 1.165) is 5.56 Å². The summed E-state index contributed by atoms with van der Waals surface area (Å²) in [6, 6.07) is 5.48. The highest BCUT2D eigenvalue weighted by Gasteiger charge is 2.17. The maximum Gasteiger partial charge on any atom is 0.244 e. The summed E-state index contributed by atoms with van der Waals surface area (Å²) < 4.78 is 10.4. The zero-order valence-electron chi connectivity index (χ0n) is 10.9. The number of carbonyl (C=O) groups is 1. The first-order valence-corrected chi connectivity index (χ1v) is 6.42. The predicted octanol–water partition coefficient (Wildman–Crippen LogP) is 2.36. The Hall–Kier alpha value is -2.19. The topological polar surface area (TPSA) is 71.4 Å². The first kappa shape index (κ1) is 14.2. The molecule has 0 unspecified atom stereocenters. The molecule has 1 aromatic rings. The van der Waals surface area contributed by atoms with E-state index in [2.05, 4.69) is 5.32 Å². The Morgan fingerprint density at radius 2 is 2.40 bits per heavy atom. The first-order chi connectivity index (χ1) is 9.60. The smallest absolute Gasteiger partial charge is 0.244 e. The van der Waals surface area contributed by atoms with E-state index in [0.29, 0.717) is 23.1 Å². The van der Waals surface area contributed by atoms with E-state index in [1.807, 2.05) is 6.07 Å². The number of amides is 1. The molecule has 1 heterocycles. The van der Waals surface area contributed by atoms with Gasteiger partial charge in [-0.15, -0.1) is 0 Å². The largest absolute Gasteiger partial charge is 0.454 e. The lowest BCUT2D eigenvalue weighted by Gasteiger charge is -2.03. The Kier molecular flexibility index (Phi) is 4.49. The SMILES string of the molecule is C[C@@H](C#N)CNC(=O)/C=C/c1cc(Cl)c2c(c1)OCO2. The van der Waals surface area contributed by atoms with Gasteiger partial charge in [0.05, 0.1) is 17.0 Å². The van der Waals surface area contributed by atoms with Crippen molar-refractivity contribution in [3.8, 4) is 17.6 Å². The van der Waals surface area contributed by atoms with E-state index in [9.17, 15) is 4.79 Å². The standard InChI is InChI=1S/C14H13ClN2O3/c1-9(6-16)7-17-13(18)3-2-10-4-11(15)14-12(5-10)19-8-20-14/h2-5,9H,7-8H2,1H3,(H,17,18)/b3-2+/t9-/m0/s1. The van der Waals surface area contributed by atoms with Crippen LogP contribution in [0.3, 0.4) is 0 Å². The Balaban J connectivity index is 2.00. The van der Waals surface area contributed by atoms with Crippen LogP contribution in [0.25, 0.3) is 6.08 Å². The maximum atomic E-state index is 11.6. The Labute approximate surface area is 121 Å². The number of nitrogens with one attached hydrogen (secondary N) is 1. The van der Waals surface area contributed by atoms with E-state index in [1.54, 1.807) is 25.1 Å². The molecular formula is C14H13ClN2O3. The van der Waals surface area contributed by atoms with Crippen molar-refractivity contribution in [2.24, 2.45) is 5.92 Å². The number of hydrogen-bond donors (Lipinski definition) is 1. The third kappa shape index (κ3) is 3.43. The molecule has 1 aromatic carbocycles. The van der Waals surface area contributed by atoms with Crippen molar-refractivity contribution in [2.75, 3.05) is 13.3 Å². The summed E-state index contributed by atoms with van der Waals surface area (Å²) in [7, 11) is 0. The highest BCUT2D eigenvalue weighted by Crippen LogP contribution is 2.39. The Morgan fingerprint density at radius 1 is 1.60 bits per heavy atom. The second-order valence-electron chi connectivity index (χ2n) is 4.35. The number of ether oxygens (including phenoxy) is 2. The van der Waals surface area contributed by atoms with E-state index in [4.69, 9.17) is 26.3 Å². The molecule has 2 rings (SSSR count). The molecule has 0 aliphatic carbocycles. The van der Waals surface area contributed by atoms with Gasteiger partial charge in [0.25, 0.3) is 0 Å². The molecule has 0 spiro atoms. The molecule has 1 aliphatic heterocycles. The summed E-state index contributed by atoms with van der Waals surface area (Å²) in [4.78, 5) is 11.6. The number of rotatable bonds is 4. The fraction of sp³-hybridized carbons (Fsp3) is 0.286. The van der Waals surface area contributed by atoms with Crippen LogP contribution >= 0.6 is 11.6 Å². The van der Waals surface area contributed by atoms with Gasteiger partial charge in [-0.2, -0.15) is 5.26 Å². The van der Waals surface area contributed by atoms with Crippen molar-refractivity contribution in [1.29, 1.82) is 5.26 Å². The van der Waals surface area contributed by atoms with Crippen molar-refractivity contribution in [1.82, 2.24) is 5.32 Å². The lowest BCUT2D eigenvalue weighted by molar-refractivity contribution is -0.116. The third-order valence-corrected chi connectivity index (χ3v) is 2.96. The fourth-order valence-corrected chi connectivity index (χ4v) is 1.89. The van der Waals surface area contributed by atoms with Crippen LogP contribution in [0.4, 0.5) is 0 Å². The predicted molar refractivity (Wildman–Crippen MR) is 74.4 cm³/mol. The number of halogens is 1. The molecule has 6 heteroatoms. The summed E-state index contributed by atoms with van der Waals surface area (Å²) in [5, 5.41) is 11.7. The molecule has 1 amide bonds. The van der Waals surface area contributed by atoms with Crippen molar-refractivity contribution >= 4 is 23.6 Å². The van der Waals surface area contributed by atoms with Crippen LogP contribution in [0.2, 0.25) is 5.02 Å². The molecule has 0 radical (unpaired) electrons. The molecule has 0 aromatic heterocycles. The van der Waals surface area contributed by atoms with Gasteiger partial charge >= 0.3 is 0 Å². The summed E-state index contributed by atoms with van der Waals surface area (Å²) in [5.74, 6) is 0.611. The summed E-state index contributed by atoms with van der Waals surface area (Å²) in [6.45, 7) is 2.21. The number of nitriles is 1. The fourth-order valence-electron chi connectivity index (χ4n) is 1.61. The van der Waals surface area contributed by atoms with Crippen LogP contribution in [0.5, 0.6) is 11.5 Å². The van der Waals surface area contributed by atoms with Crippen LogP contribution in [-0.2, 0) is 4.79 Å². The molecule has 1 atom stereocenters. The molecule has 5 nitrogen and oxygen atoms in total. The minimum absolute atomic E-state index is 0.148. The third-order valence-electron chi connectivity index (χ3n) is 2.68. The zero-order valence-corrected chi connectivity index (χ0v) is 11.6. The number of benzene rings is 1. The summed E-state index contributed by atoms with van der Waals surface area (Å²) >= 11 is 6.04. The van der Waals surface area contributed by atoms with Gasteiger partial charge in [0.2, 0.25) is 12.7 Å². The van der Waals surface area contributed by atoms with Gasteiger partial charge in [-0.1, -0.05) is 11.6 Å². The minimum Gasteiger partial charge on any atom is -0.454 e. The highest BCUT2D eigenvalue weighted by atomic mass is 35.5. The molecule has 0 saturated carbocycles. The lowest BCUT2D eigenvalue weighted by Crippen LogP contribution is -2.25. The normalized spacial score (nSPS) is 14.1. The van der Waals surface area contributed by atoms with E-state index in [-0.39, 0.29) is 18.6 Å². The number of hydrogen-bond acceptors (Lipinski definition) is 4. The van der Waals surface area contributed by atoms with Crippen LogP contribution in [0.15, 0.2) is 18.2 Å². The molecule has 0 saturated heterocycles. The summed E-state index contributed by atoms with van der Waals surface area (Å²) in [5.41, 5.74) is 0.739. The van der Waals surface area contributed by atoms with Crippen molar-refractivity contribution < 1.29 is 14.3 Å². The van der Waals surface area contributed by atoms with Crippen LogP contribution in [0, 0.1) is 17.2 Å². The molecular weight excluding hydrogens is 280 g/mol. The van der Waals surface area contributed by atoms with Gasteiger partial charge in [-0.25, -0.2) is 0 Å². The number of nitrogens with zero attached hydrogens (tertiary/aromatic N) is 1. The van der Waals surface area contributed by atoms with E-state index in [1.165, 1.54) is 6.08 Å². The number of carbonyl (C=O) groups excluding carboxylic acids is 1. The molecule has 0 fully saturated rings. The van der Waals surface area contributed by atoms with Crippen molar-refractivity contribution in [3.05, 3.63) is 28.8 Å². The molecule has 20 heavy (non-hydrogen) atoms. The van der Waals surface area contributed by atoms with Gasteiger partial charge in [0, 0.05) is 12.6 Å². The maximum absolute atomic E-state index is 11.6. The highest BCUT2D eigenvalue weighted by molar-refractivity contribution is 6.32. The summed E-state index contributed by atoms with van der Waals surface area (Å²) in [6.07, 6.45) is 3.01. The molecule has 0 bridgehead atoms. The zero-order chi connectivity index (χ0) is 14.5. The molecule has 104 valence electrons. The molecule has 1 aliphatic rings. The number of fused-ring (bicyclic) bond motifs is 1. The van der Waals surface area contributed by atoms with Crippen molar-refractivity contribution in [2.45, 2.75) is 6.92 Å². The Morgan fingerprint density at radius 3 is 3.15 bits per heavy atom. The average Bonchev–Trinajstić information content (AvgIpc) is 2.91. The second-order valence-corrected chi connectivity index (χ2v) is 4.75. The first-order valence-electron chi connectivity index (χ1n) is 6.05.